The van der Waals surface area contributed by atoms with Crippen molar-refractivity contribution in [2.75, 3.05) is 39.3 Å². The van der Waals surface area contributed by atoms with Crippen LogP contribution in [0.4, 0.5) is 0 Å². The minimum atomic E-state index is -1.58. The van der Waals surface area contributed by atoms with Crippen LogP contribution in [0.5, 0.6) is 0 Å². The predicted octanol–water partition coefficient (Wildman–Crippen LogP) is -1.59. The van der Waals surface area contributed by atoms with Crippen molar-refractivity contribution in [2.45, 2.75) is 160 Å². The third-order valence-corrected chi connectivity index (χ3v) is 15.2. The number of hydrogen-bond acceptors (Lipinski definition) is 18. The van der Waals surface area contributed by atoms with Gasteiger partial charge in [0.05, 0.1) is 30.2 Å². The summed E-state index contributed by atoms with van der Waals surface area (Å²) in [6.07, 6.45) is -5.87. The van der Waals surface area contributed by atoms with E-state index in [9.17, 15) is 63.0 Å². The van der Waals surface area contributed by atoms with Gasteiger partial charge in [0.1, 0.15) is 30.0 Å². The van der Waals surface area contributed by atoms with E-state index in [1.54, 1.807) is 68.4 Å². The average molecular weight is 1210 g/mol. The van der Waals surface area contributed by atoms with E-state index in [4.69, 9.17) is 40.3 Å². The van der Waals surface area contributed by atoms with Crippen molar-refractivity contribution in [1.29, 1.82) is 0 Å². The molecule has 1 aliphatic heterocycles. The highest BCUT2D eigenvalue weighted by molar-refractivity contribution is 6.31. The lowest BCUT2D eigenvalue weighted by atomic mass is 9.90. The van der Waals surface area contributed by atoms with Crippen molar-refractivity contribution >= 4 is 76.1 Å². The number of Topliss-reactive ketones (excluding diaryl/α,β-unsaturated/α-hetero) is 4. The maximum Gasteiger partial charge on any atom is 0.243 e. The van der Waals surface area contributed by atoms with Gasteiger partial charge in [-0.15, -0.1) is 0 Å². The molecule has 0 saturated carbocycles. The molecule has 472 valence electrons. The van der Waals surface area contributed by atoms with E-state index >= 15 is 0 Å². The van der Waals surface area contributed by atoms with Gasteiger partial charge in [-0.3, -0.25) is 52.7 Å². The summed E-state index contributed by atoms with van der Waals surface area (Å²) in [7, 11) is 0. The Kier molecular flexibility index (Phi) is 32.3. The molecule has 12 atom stereocenters. The van der Waals surface area contributed by atoms with Gasteiger partial charge in [0.25, 0.3) is 0 Å². The van der Waals surface area contributed by atoms with Gasteiger partial charge in [0.15, 0.2) is 17.3 Å². The molecule has 26 heteroatoms. The summed E-state index contributed by atoms with van der Waals surface area (Å²) in [6, 6.07) is 7.03. The zero-order valence-corrected chi connectivity index (χ0v) is 50.0. The summed E-state index contributed by atoms with van der Waals surface area (Å²) >= 11 is 6.26. The quantitative estimate of drug-likeness (QED) is 0.0479. The molecule has 85 heavy (non-hydrogen) atoms. The Hall–Kier alpha value is -6.58. The third kappa shape index (κ3) is 24.7. The highest BCUT2D eigenvalue weighted by Crippen LogP contribution is 2.22. The highest BCUT2D eigenvalue weighted by Gasteiger charge is 2.38. The molecule has 1 aliphatic rings. The van der Waals surface area contributed by atoms with E-state index in [0.29, 0.717) is 16.1 Å². The first kappa shape index (κ1) is 72.7. The van der Waals surface area contributed by atoms with Crippen LogP contribution in [0.15, 0.2) is 54.6 Å². The van der Waals surface area contributed by atoms with E-state index in [-0.39, 0.29) is 115 Å². The average Bonchev–Trinajstić information content (AvgIpc) is 3.57. The molecular formula is C59H91ClN12O13. The molecule has 2 aromatic carbocycles. The number of aliphatic hydroxyl groups is 2. The lowest BCUT2D eigenvalue weighted by Gasteiger charge is -2.28. The summed E-state index contributed by atoms with van der Waals surface area (Å²) in [5.74, 6) is -13.3. The summed E-state index contributed by atoms with van der Waals surface area (Å²) in [5, 5.41) is 40.7. The van der Waals surface area contributed by atoms with Crippen LogP contribution in [0.2, 0.25) is 5.02 Å². The van der Waals surface area contributed by atoms with Crippen molar-refractivity contribution in [3.63, 3.8) is 0 Å². The summed E-state index contributed by atoms with van der Waals surface area (Å²) < 4.78 is 0. The molecule has 0 aliphatic carbocycles. The molecule has 0 aromatic heterocycles. The number of aliphatic hydroxyl groups excluding tert-OH is 2. The van der Waals surface area contributed by atoms with Crippen LogP contribution >= 0.6 is 11.6 Å². The molecule has 0 bridgehead atoms. The molecule has 1 heterocycles. The van der Waals surface area contributed by atoms with Crippen molar-refractivity contribution in [3.05, 3.63) is 70.7 Å². The third-order valence-electron chi connectivity index (χ3n) is 14.8. The monoisotopic (exact) mass is 1210 g/mol. The molecule has 25 nitrogen and oxygen atoms in total. The molecule has 1 fully saturated rings. The molecule has 0 spiro atoms. The number of hydrogen-bond donors (Lipinski definition) is 14. The van der Waals surface area contributed by atoms with E-state index in [0.717, 1.165) is 0 Å². The first-order valence-electron chi connectivity index (χ1n) is 29.2. The number of ketones is 4. The number of carbonyl (C=O) groups excluding carboxylic acids is 11. The van der Waals surface area contributed by atoms with Crippen LogP contribution < -0.4 is 65.9 Å². The Morgan fingerprint density at radius 2 is 1.18 bits per heavy atom. The lowest BCUT2D eigenvalue weighted by molar-refractivity contribution is -0.137. The largest absolute Gasteiger partial charge is 0.393 e. The normalized spacial score (nSPS) is 22.7. The van der Waals surface area contributed by atoms with Gasteiger partial charge in [-0.25, -0.2) is 0 Å². The minimum Gasteiger partial charge on any atom is -0.393 e. The predicted molar refractivity (Wildman–Crippen MR) is 318 cm³/mol. The Morgan fingerprint density at radius 3 is 1.76 bits per heavy atom. The van der Waals surface area contributed by atoms with Crippen molar-refractivity contribution in [1.82, 2.24) is 37.2 Å². The Labute approximate surface area is 502 Å². The second-order valence-corrected chi connectivity index (χ2v) is 22.7. The Balaban J connectivity index is 2.08. The fraction of sp³-hybridized carbons (Fsp3) is 0.610. The van der Waals surface area contributed by atoms with Gasteiger partial charge < -0.3 is 76.1 Å². The fourth-order valence-corrected chi connectivity index (χ4v) is 10.2. The Morgan fingerprint density at radius 1 is 0.624 bits per heavy atom. The van der Waals surface area contributed by atoms with E-state index in [1.807, 2.05) is 0 Å². The van der Waals surface area contributed by atoms with Crippen LogP contribution in [0, 0.1) is 29.6 Å². The van der Waals surface area contributed by atoms with Crippen LogP contribution in [0.3, 0.4) is 0 Å². The first-order valence-corrected chi connectivity index (χ1v) is 29.6. The van der Waals surface area contributed by atoms with Gasteiger partial charge in [-0.1, -0.05) is 74.0 Å². The van der Waals surface area contributed by atoms with Crippen LogP contribution in [0.25, 0.3) is 0 Å². The van der Waals surface area contributed by atoms with Crippen LogP contribution in [0.1, 0.15) is 109 Å². The standard InChI is InChI=1S/C59H91ClN12O13/c1-33(2)26-47-58(84)69-46(18-24-65)57(83)68-44(17-23-64)50(77)32-42(34(3)73)56(82)66-25-19-45(49(76)30-39(15-21-62)54(80)70-48(59(85)71-47)27-36-10-6-5-7-11-36)67-53(79)40(16-22-63)31-51(78)52(35(4)74)72-55(81)38(14-20-61)29-41(75)28-37-12-8-9-13-43(37)60/h5-13,33-35,38-40,42,44-48,52,73-74H,14-32,61-65H2,1-4H3,(H,66,82)(H,67,79)(H,68,83)(H,69,84)(H,70,80)(H,71,85)(H,72,81)/t34?,35?,38-,39?,40-,42+,44+,45?,46?,47+,48-,52+/m1/s1. The molecule has 3 rings (SSSR count). The summed E-state index contributed by atoms with van der Waals surface area (Å²) in [5.41, 5.74) is 30.7. The highest BCUT2D eigenvalue weighted by atomic mass is 35.5. The number of nitrogens with one attached hydrogen (secondary N) is 7. The second kappa shape index (κ2) is 37.8. The van der Waals surface area contributed by atoms with Gasteiger partial charge in [-0.05, 0) is 115 Å². The van der Waals surface area contributed by atoms with Crippen LogP contribution in [-0.2, 0) is 65.6 Å². The Bertz CT molecular complexity index is 2560. The first-order chi connectivity index (χ1) is 40.4. The van der Waals surface area contributed by atoms with Gasteiger partial charge in [0, 0.05) is 67.8 Å². The molecule has 5 unspecified atom stereocenters. The van der Waals surface area contributed by atoms with E-state index in [2.05, 4.69) is 37.2 Å². The second-order valence-electron chi connectivity index (χ2n) is 22.3. The van der Waals surface area contributed by atoms with Crippen molar-refractivity contribution in [2.24, 2.45) is 58.3 Å². The van der Waals surface area contributed by atoms with Gasteiger partial charge in [-0.2, -0.15) is 0 Å². The smallest absolute Gasteiger partial charge is 0.243 e. The van der Waals surface area contributed by atoms with E-state index in [1.165, 1.54) is 13.8 Å². The van der Waals surface area contributed by atoms with Crippen molar-refractivity contribution < 1.29 is 63.0 Å². The number of carbonyl (C=O) groups is 11. The molecule has 7 amide bonds. The number of nitrogens with two attached hydrogens (primary N) is 5. The number of benzene rings is 2. The van der Waals surface area contributed by atoms with Crippen molar-refractivity contribution in [3.8, 4) is 0 Å². The molecular weight excluding hydrogens is 1120 g/mol. The maximum atomic E-state index is 14.7. The molecule has 2 aromatic rings. The summed E-state index contributed by atoms with van der Waals surface area (Å²) in [4.78, 5) is 155. The van der Waals surface area contributed by atoms with E-state index < -0.39 is 150 Å². The van der Waals surface area contributed by atoms with Crippen LogP contribution in [-0.4, -0.2) is 162 Å². The molecule has 19 N–H and O–H groups in total. The minimum absolute atomic E-state index is 0.00476. The zero-order chi connectivity index (χ0) is 63.3. The fourth-order valence-electron chi connectivity index (χ4n) is 9.98. The molecule has 1 saturated heterocycles. The number of amides is 7. The topological polar surface area (TPSA) is 443 Å². The van der Waals surface area contributed by atoms with Gasteiger partial charge >= 0.3 is 0 Å². The summed E-state index contributed by atoms with van der Waals surface area (Å²) in [6.45, 7) is 5.30. The lowest BCUT2D eigenvalue weighted by Crippen LogP contribution is -2.59. The number of rotatable bonds is 27. The zero-order valence-electron chi connectivity index (χ0n) is 49.3. The number of halogens is 1. The molecule has 0 radical (unpaired) electrons. The SMILES string of the molecule is CC(C)C[C@@H]1NC(=O)[C@@H](Cc2ccccc2)NC(=O)C(CCN)CC(=O)C(NC(=O)[C@H](CCN)CC(=O)[C@@H](NC(=O)[C@H](CCN)CC(=O)Cc2ccccc2Cl)C(C)O)CCNC(=O)[C@H](C(C)O)CC(=O)[C@H](CCN)NC(=O)C(CCN)NC1=O. The van der Waals surface area contributed by atoms with Gasteiger partial charge in [0.2, 0.25) is 41.4 Å². The maximum absolute atomic E-state index is 14.7.